The minimum atomic E-state index is -0.472. The third-order valence-corrected chi connectivity index (χ3v) is 3.32. The Labute approximate surface area is 123 Å². The molecule has 2 aromatic rings. The molecule has 0 saturated heterocycles. The second-order valence-corrected chi connectivity index (χ2v) is 4.66. The Kier molecular flexibility index (Phi) is 4.54. The monoisotopic (exact) mass is 289 g/mol. The molecule has 112 valence electrons. The van der Waals surface area contributed by atoms with Crippen LogP contribution in [-0.2, 0) is 11.3 Å². The molecule has 0 fully saturated rings. The first kappa shape index (κ1) is 15.0. The summed E-state index contributed by atoms with van der Waals surface area (Å²) >= 11 is 0. The number of nitrogens with one attached hydrogen (secondary N) is 1. The molecule has 7 heteroatoms. The van der Waals surface area contributed by atoms with E-state index in [0.29, 0.717) is 17.9 Å². The minimum absolute atomic E-state index is 0.170. The SMILES string of the molecule is COc1ccc(NC(=O)C(C)n2nnc(CN)c2C)cc1. The first-order valence-electron chi connectivity index (χ1n) is 6.62. The lowest BCUT2D eigenvalue weighted by Crippen LogP contribution is -2.25. The molecule has 1 aromatic heterocycles. The molecule has 0 spiro atoms. The Morgan fingerprint density at radius 1 is 1.43 bits per heavy atom. The maximum absolute atomic E-state index is 12.3. The molecule has 3 N–H and O–H groups in total. The second-order valence-electron chi connectivity index (χ2n) is 4.66. The number of nitrogens with two attached hydrogens (primary N) is 1. The second kappa shape index (κ2) is 6.36. The van der Waals surface area contributed by atoms with Gasteiger partial charge in [-0.15, -0.1) is 5.10 Å². The average Bonchev–Trinajstić information content (AvgIpc) is 2.88. The van der Waals surface area contributed by atoms with Gasteiger partial charge in [0.15, 0.2) is 0 Å². The average molecular weight is 289 g/mol. The van der Waals surface area contributed by atoms with Crippen LogP contribution in [0.5, 0.6) is 5.75 Å². The number of hydrogen-bond acceptors (Lipinski definition) is 5. The van der Waals surface area contributed by atoms with Crippen molar-refractivity contribution >= 4 is 11.6 Å². The van der Waals surface area contributed by atoms with Crippen molar-refractivity contribution in [3.8, 4) is 5.75 Å². The standard InChI is InChI=1S/C14H19N5O2/c1-9-13(8-15)17-18-19(9)10(2)14(20)16-11-4-6-12(21-3)7-5-11/h4-7,10H,8,15H2,1-3H3,(H,16,20). The third kappa shape index (κ3) is 3.19. The molecule has 0 saturated carbocycles. The largest absolute Gasteiger partial charge is 0.497 e. The lowest BCUT2D eigenvalue weighted by Gasteiger charge is -2.14. The van der Waals surface area contributed by atoms with Gasteiger partial charge < -0.3 is 15.8 Å². The highest BCUT2D eigenvalue weighted by atomic mass is 16.5. The van der Waals surface area contributed by atoms with E-state index in [1.807, 2.05) is 6.92 Å². The summed E-state index contributed by atoms with van der Waals surface area (Å²) in [6, 6.07) is 6.66. The van der Waals surface area contributed by atoms with Crippen LogP contribution in [0.3, 0.4) is 0 Å². The number of carbonyl (C=O) groups excluding carboxylic acids is 1. The lowest BCUT2D eigenvalue weighted by molar-refractivity contribution is -0.119. The zero-order chi connectivity index (χ0) is 15.4. The highest BCUT2D eigenvalue weighted by Gasteiger charge is 2.19. The van der Waals surface area contributed by atoms with Gasteiger partial charge in [0.2, 0.25) is 5.91 Å². The molecule has 0 aliphatic carbocycles. The molecule has 1 heterocycles. The Balaban J connectivity index is 2.09. The number of nitrogens with zero attached hydrogens (tertiary/aromatic N) is 3. The van der Waals surface area contributed by atoms with Crippen molar-refractivity contribution < 1.29 is 9.53 Å². The highest BCUT2D eigenvalue weighted by Crippen LogP contribution is 2.17. The van der Waals surface area contributed by atoms with Crippen molar-refractivity contribution in [2.45, 2.75) is 26.4 Å². The summed E-state index contributed by atoms with van der Waals surface area (Å²) in [5.74, 6) is 0.567. The number of anilines is 1. The molecule has 1 aromatic carbocycles. The molecule has 7 nitrogen and oxygen atoms in total. The Morgan fingerprint density at radius 2 is 2.10 bits per heavy atom. The van der Waals surface area contributed by atoms with Gasteiger partial charge in [0, 0.05) is 12.2 Å². The third-order valence-electron chi connectivity index (χ3n) is 3.32. The minimum Gasteiger partial charge on any atom is -0.497 e. The van der Waals surface area contributed by atoms with Crippen LogP contribution in [-0.4, -0.2) is 28.0 Å². The molecular weight excluding hydrogens is 270 g/mol. The first-order chi connectivity index (χ1) is 10.1. The van der Waals surface area contributed by atoms with E-state index < -0.39 is 6.04 Å². The van der Waals surface area contributed by atoms with Crippen molar-refractivity contribution in [2.24, 2.45) is 5.73 Å². The number of hydrogen-bond donors (Lipinski definition) is 2. The highest BCUT2D eigenvalue weighted by molar-refractivity contribution is 5.93. The fourth-order valence-corrected chi connectivity index (χ4v) is 1.96. The molecule has 0 aliphatic heterocycles. The first-order valence-corrected chi connectivity index (χ1v) is 6.62. The zero-order valence-electron chi connectivity index (χ0n) is 12.3. The number of rotatable bonds is 5. The van der Waals surface area contributed by atoms with Crippen LogP contribution in [0.2, 0.25) is 0 Å². The van der Waals surface area contributed by atoms with Gasteiger partial charge in [-0.1, -0.05) is 5.21 Å². The fraction of sp³-hybridized carbons (Fsp3) is 0.357. The van der Waals surface area contributed by atoms with E-state index in [9.17, 15) is 4.79 Å². The van der Waals surface area contributed by atoms with Crippen molar-refractivity contribution in [1.29, 1.82) is 0 Å². The number of carbonyl (C=O) groups is 1. The van der Waals surface area contributed by atoms with E-state index in [1.54, 1.807) is 43.0 Å². The molecule has 1 unspecified atom stereocenters. The quantitative estimate of drug-likeness (QED) is 0.864. The summed E-state index contributed by atoms with van der Waals surface area (Å²) < 4.78 is 6.65. The van der Waals surface area contributed by atoms with Crippen LogP contribution in [0, 0.1) is 6.92 Å². The Hall–Kier alpha value is -2.41. The van der Waals surface area contributed by atoms with Crippen LogP contribution in [0.4, 0.5) is 5.69 Å². The van der Waals surface area contributed by atoms with E-state index in [1.165, 1.54) is 0 Å². The van der Waals surface area contributed by atoms with Crippen LogP contribution in [0.1, 0.15) is 24.4 Å². The molecule has 1 amide bonds. The number of methoxy groups -OCH3 is 1. The number of amides is 1. The van der Waals surface area contributed by atoms with Crippen LogP contribution < -0.4 is 15.8 Å². The Morgan fingerprint density at radius 3 is 2.62 bits per heavy atom. The summed E-state index contributed by atoms with van der Waals surface area (Å²) in [6.45, 7) is 3.92. The summed E-state index contributed by atoms with van der Waals surface area (Å²) in [5.41, 5.74) is 7.76. The molecule has 2 rings (SSSR count). The molecule has 21 heavy (non-hydrogen) atoms. The molecular formula is C14H19N5O2. The lowest BCUT2D eigenvalue weighted by atomic mass is 10.2. The Bertz CT molecular complexity index is 621. The maximum atomic E-state index is 12.3. The van der Waals surface area contributed by atoms with Gasteiger partial charge in [0.1, 0.15) is 11.8 Å². The van der Waals surface area contributed by atoms with Gasteiger partial charge >= 0.3 is 0 Å². The number of aromatic nitrogens is 3. The van der Waals surface area contributed by atoms with Crippen LogP contribution >= 0.6 is 0 Å². The molecule has 0 aliphatic rings. The van der Waals surface area contributed by atoms with Gasteiger partial charge in [-0.2, -0.15) is 0 Å². The van der Waals surface area contributed by atoms with Gasteiger partial charge in [0.05, 0.1) is 18.5 Å². The maximum Gasteiger partial charge on any atom is 0.249 e. The normalized spacial score (nSPS) is 12.0. The van der Waals surface area contributed by atoms with Crippen molar-refractivity contribution in [2.75, 3.05) is 12.4 Å². The number of ether oxygens (including phenoxy) is 1. The molecule has 1 atom stereocenters. The smallest absolute Gasteiger partial charge is 0.249 e. The van der Waals surface area contributed by atoms with E-state index in [0.717, 1.165) is 11.4 Å². The van der Waals surface area contributed by atoms with Crippen molar-refractivity contribution in [1.82, 2.24) is 15.0 Å². The number of benzene rings is 1. The molecule has 0 bridgehead atoms. The summed E-state index contributed by atoms with van der Waals surface area (Å²) in [6.07, 6.45) is 0. The topological polar surface area (TPSA) is 95.1 Å². The van der Waals surface area contributed by atoms with Gasteiger partial charge in [-0.25, -0.2) is 4.68 Å². The molecule has 0 radical (unpaired) electrons. The van der Waals surface area contributed by atoms with E-state index in [2.05, 4.69) is 15.6 Å². The summed E-state index contributed by atoms with van der Waals surface area (Å²) in [4.78, 5) is 12.3. The summed E-state index contributed by atoms with van der Waals surface area (Å²) in [5, 5.41) is 10.8. The predicted molar refractivity (Wildman–Crippen MR) is 79.0 cm³/mol. The van der Waals surface area contributed by atoms with Gasteiger partial charge in [-0.3, -0.25) is 4.79 Å². The van der Waals surface area contributed by atoms with E-state index in [-0.39, 0.29) is 5.91 Å². The van der Waals surface area contributed by atoms with E-state index >= 15 is 0 Å². The fourth-order valence-electron chi connectivity index (χ4n) is 1.96. The van der Waals surface area contributed by atoms with Gasteiger partial charge in [-0.05, 0) is 38.1 Å². The van der Waals surface area contributed by atoms with E-state index in [4.69, 9.17) is 10.5 Å². The predicted octanol–water partition coefficient (Wildman–Crippen LogP) is 1.25. The van der Waals surface area contributed by atoms with Crippen LogP contribution in [0.25, 0.3) is 0 Å². The van der Waals surface area contributed by atoms with Gasteiger partial charge in [0.25, 0.3) is 0 Å². The van der Waals surface area contributed by atoms with Crippen molar-refractivity contribution in [3.05, 3.63) is 35.7 Å². The zero-order valence-corrected chi connectivity index (χ0v) is 12.3. The van der Waals surface area contributed by atoms with Crippen molar-refractivity contribution in [3.63, 3.8) is 0 Å². The van der Waals surface area contributed by atoms with Crippen LogP contribution in [0.15, 0.2) is 24.3 Å². The summed E-state index contributed by atoms with van der Waals surface area (Å²) in [7, 11) is 1.60.